The van der Waals surface area contributed by atoms with E-state index < -0.39 is 26.5 Å². The Morgan fingerprint density at radius 3 is 0.925 bits per heavy atom. The van der Waals surface area contributed by atoms with Crippen LogP contribution < -0.4 is 0 Å². The van der Waals surface area contributed by atoms with Gasteiger partial charge in [-0.05, 0) is 38.5 Å². The fourth-order valence-corrected chi connectivity index (χ4v) is 11.6. The average Bonchev–Trinajstić information content (AvgIpc) is 3.42. The molecule has 0 aromatic rings. The molecule has 0 saturated carbocycles. The van der Waals surface area contributed by atoms with Gasteiger partial charge in [0.05, 0.1) is 27.7 Å². The van der Waals surface area contributed by atoms with Gasteiger partial charge in [-0.3, -0.25) is 18.6 Å². The lowest BCUT2D eigenvalue weighted by Crippen LogP contribution is -2.37. The summed E-state index contributed by atoms with van der Waals surface area (Å²) >= 11 is 0. The lowest BCUT2D eigenvalue weighted by Gasteiger charge is -2.24. The molecular weight excluding hydrogens is 1010 g/mol. The van der Waals surface area contributed by atoms with Gasteiger partial charge in [0.25, 0.3) is 0 Å². The van der Waals surface area contributed by atoms with Gasteiger partial charge in [0.15, 0.2) is 6.10 Å². The SMILES string of the molecule is CCCCCCCCC/C=C\CCCCCCCCCC(=O)OC(COC(=O)CCCCCCCCCCCCCCCCCCCCCCCCCCCCCCCCCCCCCCCC)COP(=O)(O)OCC[N+](C)(C)C. The van der Waals surface area contributed by atoms with Crippen LogP contribution in [-0.2, 0) is 32.7 Å². The second kappa shape index (κ2) is 62.3. The molecule has 476 valence electrons. The standard InChI is InChI=1S/C70H138NO8P/c1-6-8-10-12-14-16-18-20-22-24-26-27-28-29-30-31-32-33-34-35-36-37-38-39-40-41-42-43-44-45-47-48-50-52-54-56-58-60-62-69(72)76-66-68(67-78-80(74,75)77-65-64-71(3,4)5)79-70(73)63-61-59-57-55-53-51-49-46-25-23-21-19-17-15-13-11-9-7-2/h23,25,68H,6-22,24,26-67H2,1-5H3/p+1/b25-23-. The van der Waals surface area contributed by atoms with Gasteiger partial charge in [0.2, 0.25) is 0 Å². The molecule has 10 heteroatoms. The summed E-state index contributed by atoms with van der Waals surface area (Å²) in [5, 5.41) is 0. The topological polar surface area (TPSA) is 108 Å². The highest BCUT2D eigenvalue weighted by Gasteiger charge is 2.27. The summed E-state index contributed by atoms with van der Waals surface area (Å²) in [5.41, 5.74) is 0. The van der Waals surface area contributed by atoms with Crippen LogP contribution in [0, 0.1) is 0 Å². The number of carbonyl (C=O) groups is 2. The molecule has 0 rings (SSSR count). The highest BCUT2D eigenvalue weighted by molar-refractivity contribution is 7.47. The Bertz CT molecular complexity index is 1350. The van der Waals surface area contributed by atoms with Crippen molar-refractivity contribution in [1.82, 2.24) is 0 Å². The molecule has 0 aliphatic rings. The lowest BCUT2D eigenvalue weighted by atomic mass is 10.0. The van der Waals surface area contributed by atoms with Crippen LogP contribution in [0.25, 0.3) is 0 Å². The first-order valence-corrected chi connectivity index (χ1v) is 36.9. The molecule has 0 amide bonds. The van der Waals surface area contributed by atoms with Crippen LogP contribution in [-0.4, -0.2) is 74.9 Å². The first-order valence-electron chi connectivity index (χ1n) is 35.4. The zero-order valence-electron chi connectivity index (χ0n) is 54.4. The number of hydrogen-bond donors (Lipinski definition) is 1. The Balaban J connectivity index is 3.86. The van der Waals surface area contributed by atoms with Crippen LogP contribution in [0.15, 0.2) is 12.2 Å². The number of likely N-dealkylation sites (N-methyl/N-ethyl adjacent to an activating group) is 1. The number of nitrogens with zero attached hydrogens (tertiary/aromatic N) is 1. The largest absolute Gasteiger partial charge is 0.472 e. The first kappa shape index (κ1) is 78.8. The van der Waals surface area contributed by atoms with Gasteiger partial charge >= 0.3 is 19.8 Å². The minimum absolute atomic E-state index is 0.0346. The number of phosphoric acid groups is 1. The van der Waals surface area contributed by atoms with Gasteiger partial charge in [0, 0.05) is 12.8 Å². The minimum Gasteiger partial charge on any atom is -0.462 e. The lowest BCUT2D eigenvalue weighted by molar-refractivity contribution is -0.870. The Kier molecular flexibility index (Phi) is 61.3. The summed E-state index contributed by atoms with van der Waals surface area (Å²) < 4.78 is 34.7. The van der Waals surface area contributed by atoms with Crippen molar-refractivity contribution < 1.29 is 42.1 Å². The van der Waals surface area contributed by atoms with Crippen molar-refractivity contribution in [2.45, 2.75) is 380 Å². The minimum atomic E-state index is -4.38. The van der Waals surface area contributed by atoms with Crippen molar-refractivity contribution in [3.05, 3.63) is 12.2 Å². The summed E-state index contributed by atoms with van der Waals surface area (Å²) in [6.07, 6.45) is 76.3. The molecule has 9 nitrogen and oxygen atoms in total. The Labute approximate surface area is 498 Å². The van der Waals surface area contributed by atoms with Crippen molar-refractivity contribution in [3.8, 4) is 0 Å². The number of carbonyl (C=O) groups excluding carboxylic acids is 2. The zero-order valence-corrected chi connectivity index (χ0v) is 55.3. The van der Waals surface area contributed by atoms with Crippen molar-refractivity contribution in [3.63, 3.8) is 0 Å². The van der Waals surface area contributed by atoms with E-state index in [4.69, 9.17) is 18.5 Å². The molecule has 2 atom stereocenters. The fraction of sp³-hybridized carbons (Fsp3) is 0.943. The van der Waals surface area contributed by atoms with Crippen molar-refractivity contribution >= 4 is 19.8 Å². The molecule has 0 saturated heterocycles. The maximum atomic E-state index is 12.8. The Hall–Kier alpha value is -1.25. The predicted molar refractivity (Wildman–Crippen MR) is 345 cm³/mol. The normalized spacial score (nSPS) is 13.1. The number of rotatable bonds is 67. The number of phosphoric ester groups is 1. The third-order valence-corrected chi connectivity index (χ3v) is 17.3. The molecule has 1 N–H and O–H groups in total. The van der Waals surface area contributed by atoms with Crippen molar-refractivity contribution in [2.75, 3.05) is 47.5 Å². The highest BCUT2D eigenvalue weighted by Crippen LogP contribution is 2.43. The van der Waals surface area contributed by atoms with E-state index in [-0.39, 0.29) is 25.6 Å². The molecule has 0 bridgehead atoms. The number of hydrogen-bond acceptors (Lipinski definition) is 7. The number of quaternary nitrogens is 1. The summed E-state index contributed by atoms with van der Waals surface area (Å²) in [4.78, 5) is 35.8. The smallest absolute Gasteiger partial charge is 0.462 e. The van der Waals surface area contributed by atoms with Gasteiger partial charge in [-0.15, -0.1) is 0 Å². The van der Waals surface area contributed by atoms with Gasteiger partial charge in [-0.25, -0.2) is 4.57 Å². The number of esters is 2. The molecule has 0 aromatic carbocycles. The van der Waals surface area contributed by atoms with E-state index >= 15 is 0 Å². The molecule has 80 heavy (non-hydrogen) atoms. The van der Waals surface area contributed by atoms with E-state index in [1.54, 1.807) is 0 Å². The molecule has 0 fully saturated rings. The predicted octanol–water partition coefficient (Wildman–Crippen LogP) is 22.7. The van der Waals surface area contributed by atoms with Crippen LogP contribution >= 0.6 is 7.82 Å². The average molecular weight is 1150 g/mol. The number of ether oxygens (including phenoxy) is 2. The third kappa shape index (κ3) is 65.9. The van der Waals surface area contributed by atoms with E-state index in [2.05, 4.69) is 26.0 Å². The monoisotopic (exact) mass is 1150 g/mol. The molecule has 0 spiro atoms. The molecule has 0 radical (unpaired) electrons. The van der Waals surface area contributed by atoms with Crippen LogP contribution in [0.5, 0.6) is 0 Å². The summed E-state index contributed by atoms with van der Waals surface area (Å²) in [6, 6.07) is 0. The quantitative estimate of drug-likeness (QED) is 0.0211. The Morgan fingerprint density at radius 2 is 0.637 bits per heavy atom. The maximum Gasteiger partial charge on any atom is 0.472 e. The number of unbranched alkanes of at least 4 members (excludes halogenated alkanes) is 51. The van der Waals surface area contributed by atoms with Crippen LogP contribution in [0.2, 0.25) is 0 Å². The van der Waals surface area contributed by atoms with E-state index in [0.29, 0.717) is 23.9 Å². The van der Waals surface area contributed by atoms with Crippen molar-refractivity contribution in [1.29, 1.82) is 0 Å². The number of allylic oxidation sites excluding steroid dienone is 2. The van der Waals surface area contributed by atoms with E-state index in [1.165, 1.54) is 295 Å². The summed E-state index contributed by atoms with van der Waals surface area (Å²) in [5.74, 6) is -0.781. The molecular formula is C70H139NO8P+. The van der Waals surface area contributed by atoms with Crippen molar-refractivity contribution in [2.24, 2.45) is 0 Å². The summed E-state index contributed by atoms with van der Waals surface area (Å²) in [7, 11) is 1.50. The third-order valence-electron chi connectivity index (χ3n) is 16.3. The second-order valence-corrected chi connectivity index (χ2v) is 27.1. The zero-order chi connectivity index (χ0) is 58.4. The maximum absolute atomic E-state index is 12.8. The second-order valence-electron chi connectivity index (χ2n) is 25.6. The molecule has 0 aliphatic carbocycles. The first-order chi connectivity index (χ1) is 39.0. The molecule has 0 heterocycles. The van der Waals surface area contributed by atoms with Crippen LogP contribution in [0.1, 0.15) is 373 Å². The van der Waals surface area contributed by atoms with Gasteiger partial charge in [-0.2, -0.15) is 0 Å². The van der Waals surface area contributed by atoms with Crippen LogP contribution in [0.3, 0.4) is 0 Å². The van der Waals surface area contributed by atoms with Gasteiger partial charge in [0.1, 0.15) is 19.8 Å². The molecule has 2 unspecified atom stereocenters. The van der Waals surface area contributed by atoms with E-state index in [1.807, 2.05) is 21.1 Å². The van der Waals surface area contributed by atoms with E-state index in [9.17, 15) is 19.0 Å². The van der Waals surface area contributed by atoms with Gasteiger partial charge in [-0.1, -0.05) is 334 Å². The fourth-order valence-electron chi connectivity index (χ4n) is 10.8. The summed E-state index contributed by atoms with van der Waals surface area (Å²) in [6.45, 7) is 4.50. The van der Waals surface area contributed by atoms with E-state index in [0.717, 1.165) is 44.9 Å². The highest BCUT2D eigenvalue weighted by atomic mass is 31.2. The molecule has 0 aliphatic heterocycles. The molecule has 0 aromatic heterocycles. The van der Waals surface area contributed by atoms with Crippen LogP contribution in [0.4, 0.5) is 0 Å². The Morgan fingerprint density at radius 1 is 0.375 bits per heavy atom. The van der Waals surface area contributed by atoms with Gasteiger partial charge < -0.3 is 18.9 Å².